The first-order valence-corrected chi connectivity index (χ1v) is 11.4. The van der Waals surface area contributed by atoms with E-state index in [9.17, 15) is 24.3 Å². The van der Waals surface area contributed by atoms with Crippen molar-refractivity contribution in [3.05, 3.63) is 36.0 Å². The number of H-pyrrole nitrogens is 1. The van der Waals surface area contributed by atoms with Gasteiger partial charge in [-0.1, -0.05) is 18.2 Å². The lowest BCUT2D eigenvalue weighted by atomic mass is 10.0. The minimum atomic E-state index is -1.41. The average molecular weight is 491 g/mol. The standard InChI is InChI=1S/C23H34N6O6/c1-13(30)20(23(35)27-12-19(31)32)29-22(34)18(8-4-5-9-24)28-21(33)16(25)10-14-11-26-17-7-3-2-6-15(14)17/h2-3,6-7,11,13,16,18,20,26,30H,4-5,8-10,12,24-25H2,1H3,(H,27,35)(H,28,33)(H,29,34)(H,31,32). The molecule has 2 rings (SSSR count). The highest BCUT2D eigenvalue weighted by Crippen LogP contribution is 2.18. The molecule has 0 aliphatic heterocycles. The first-order valence-electron chi connectivity index (χ1n) is 11.4. The van der Waals surface area contributed by atoms with Crippen LogP contribution in [0.5, 0.6) is 0 Å². The van der Waals surface area contributed by atoms with Gasteiger partial charge in [-0.3, -0.25) is 19.2 Å². The number of hydrogen-bond acceptors (Lipinski definition) is 7. The molecule has 1 aromatic heterocycles. The molecular weight excluding hydrogens is 456 g/mol. The lowest BCUT2D eigenvalue weighted by molar-refractivity contribution is -0.139. The van der Waals surface area contributed by atoms with Crippen LogP contribution in [0, 0.1) is 0 Å². The van der Waals surface area contributed by atoms with E-state index in [4.69, 9.17) is 16.6 Å². The number of aromatic nitrogens is 1. The Balaban J connectivity index is 2.07. The summed E-state index contributed by atoms with van der Waals surface area (Å²) in [6.45, 7) is 1.01. The molecule has 1 heterocycles. The highest BCUT2D eigenvalue weighted by Gasteiger charge is 2.30. The zero-order chi connectivity index (χ0) is 26.0. The van der Waals surface area contributed by atoms with Crippen LogP contribution in [0.1, 0.15) is 31.7 Å². The summed E-state index contributed by atoms with van der Waals surface area (Å²) in [5.41, 5.74) is 13.4. The minimum Gasteiger partial charge on any atom is -0.480 e. The van der Waals surface area contributed by atoms with E-state index in [0.717, 1.165) is 16.5 Å². The van der Waals surface area contributed by atoms with Gasteiger partial charge in [0.05, 0.1) is 12.1 Å². The summed E-state index contributed by atoms with van der Waals surface area (Å²) < 4.78 is 0. The quantitative estimate of drug-likeness (QED) is 0.149. The van der Waals surface area contributed by atoms with Gasteiger partial charge >= 0.3 is 5.97 Å². The third-order valence-electron chi connectivity index (χ3n) is 5.51. The molecule has 0 saturated heterocycles. The van der Waals surface area contributed by atoms with E-state index in [0.29, 0.717) is 19.4 Å². The minimum absolute atomic E-state index is 0.234. The van der Waals surface area contributed by atoms with Crippen LogP contribution in [-0.2, 0) is 25.6 Å². The van der Waals surface area contributed by atoms with Crippen LogP contribution in [-0.4, -0.2) is 76.2 Å². The smallest absolute Gasteiger partial charge is 0.322 e. The molecule has 192 valence electrons. The van der Waals surface area contributed by atoms with Gasteiger partial charge in [0.2, 0.25) is 17.7 Å². The largest absolute Gasteiger partial charge is 0.480 e. The van der Waals surface area contributed by atoms with E-state index < -0.39 is 54.5 Å². The maximum atomic E-state index is 12.9. The van der Waals surface area contributed by atoms with Crippen molar-refractivity contribution in [1.29, 1.82) is 0 Å². The molecule has 12 nitrogen and oxygen atoms in total. The maximum absolute atomic E-state index is 12.9. The van der Waals surface area contributed by atoms with E-state index in [2.05, 4.69) is 20.9 Å². The van der Waals surface area contributed by atoms with Crippen LogP contribution in [0.4, 0.5) is 0 Å². The van der Waals surface area contributed by atoms with E-state index in [1.54, 1.807) is 6.20 Å². The third-order valence-corrected chi connectivity index (χ3v) is 5.51. The van der Waals surface area contributed by atoms with Crippen LogP contribution < -0.4 is 27.4 Å². The van der Waals surface area contributed by atoms with Gasteiger partial charge in [0.25, 0.3) is 0 Å². The van der Waals surface area contributed by atoms with Crippen LogP contribution in [0.25, 0.3) is 10.9 Å². The van der Waals surface area contributed by atoms with E-state index >= 15 is 0 Å². The molecule has 1 aromatic carbocycles. The summed E-state index contributed by atoms with van der Waals surface area (Å²) >= 11 is 0. The number of unbranched alkanes of at least 4 members (excludes halogenated alkanes) is 1. The van der Waals surface area contributed by atoms with Crippen molar-refractivity contribution in [1.82, 2.24) is 20.9 Å². The molecule has 0 spiro atoms. The number of amides is 3. The number of rotatable bonds is 14. The number of nitrogens with two attached hydrogens (primary N) is 2. The van der Waals surface area contributed by atoms with Crippen molar-refractivity contribution in [2.75, 3.05) is 13.1 Å². The Hall–Kier alpha value is -3.48. The number of carboxylic acid groups (broad SMARTS) is 1. The maximum Gasteiger partial charge on any atom is 0.322 e. The molecule has 4 atom stereocenters. The van der Waals surface area contributed by atoms with Gasteiger partial charge in [0.1, 0.15) is 18.6 Å². The number of carbonyl (C=O) groups excluding carboxylic acids is 3. The third kappa shape index (κ3) is 8.35. The lowest BCUT2D eigenvalue weighted by Crippen LogP contribution is -2.58. The van der Waals surface area contributed by atoms with Crippen molar-refractivity contribution < 1.29 is 29.4 Å². The Morgan fingerprint density at radius 3 is 2.43 bits per heavy atom. The molecule has 0 radical (unpaired) electrons. The monoisotopic (exact) mass is 490 g/mol. The number of aromatic amines is 1. The number of aliphatic hydroxyl groups excluding tert-OH is 1. The van der Waals surface area contributed by atoms with Gasteiger partial charge in [0.15, 0.2) is 0 Å². The number of para-hydroxylation sites is 1. The van der Waals surface area contributed by atoms with Crippen molar-refractivity contribution in [3.63, 3.8) is 0 Å². The Bertz CT molecular complexity index is 1020. The first-order chi connectivity index (χ1) is 16.6. The molecule has 35 heavy (non-hydrogen) atoms. The van der Waals surface area contributed by atoms with E-state index in [1.165, 1.54) is 6.92 Å². The Labute approximate surface area is 202 Å². The zero-order valence-electron chi connectivity index (χ0n) is 19.6. The Morgan fingerprint density at radius 2 is 1.77 bits per heavy atom. The molecule has 0 aliphatic carbocycles. The molecule has 10 N–H and O–H groups in total. The molecule has 0 saturated carbocycles. The molecule has 3 amide bonds. The second-order valence-corrected chi connectivity index (χ2v) is 8.35. The van der Waals surface area contributed by atoms with Gasteiger partial charge in [-0.2, -0.15) is 0 Å². The zero-order valence-corrected chi connectivity index (χ0v) is 19.6. The topological polar surface area (TPSA) is 213 Å². The number of carboxylic acids is 1. The number of aliphatic carboxylic acids is 1. The SMILES string of the molecule is CC(O)C(NC(=O)C(CCCCN)NC(=O)C(N)Cc1c[nH]c2ccccc12)C(=O)NCC(=O)O. The highest BCUT2D eigenvalue weighted by molar-refractivity contribution is 5.94. The summed E-state index contributed by atoms with van der Waals surface area (Å²) in [6.07, 6.45) is 2.08. The molecular formula is C23H34N6O6. The van der Waals surface area contributed by atoms with Crippen LogP contribution in [0.2, 0.25) is 0 Å². The Kier molecular flexibility index (Phi) is 10.6. The van der Waals surface area contributed by atoms with E-state index in [1.807, 2.05) is 24.3 Å². The fourth-order valence-corrected chi connectivity index (χ4v) is 3.60. The van der Waals surface area contributed by atoms with Gasteiger partial charge < -0.3 is 42.6 Å². The van der Waals surface area contributed by atoms with Crippen molar-refractivity contribution >= 4 is 34.6 Å². The number of fused-ring (bicyclic) bond motifs is 1. The van der Waals surface area contributed by atoms with Gasteiger partial charge in [-0.05, 0) is 50.8 Å². The number of nitrogens with one attached hydrogen (secondary N) is 4. The number of hydrogen-bond donors (Lipinski definition) is 8. The van der Waals surface area contributed by atoms with E-state index in [-0.39, 0.29) is 12.8 Å². The number of aliphatic hydroxyl groups is 1. The molecule has 0 fully saturated rings. The fraction of sp³-hybridized carbons (Fsp3) is 0.478. The fourth-order valence-electron chi connectivity index (χ4n) is 3.60. The second kappa shape index (κ2) is 13.4. The molecule has 12 heteroatoms. The predicted molar refractivity (Wildman–Crippen MR) is 129 cm³/mol. The summed E-state index contributed by atoms with van der Waals surface area (Å²) in [7, 11) is 0. The molecule has 0 bridgehead atoms. The van der Waals surface area contributed by atoms with Gasteiger partial charge in [-0.25, -0.2) is 0 Å². The first kappa shape index (κ1) is 27.8. The van der Waals surface area contributed by atoms with Gasteiger partial charge in [-0.15, -0.1) is 0 Å². The summed E-state index contributed by atoms with van der Waals surface area (Å²) in [6, 6.07) is 4.22. The summed E-state index contributed by atoms with van der Waals surface area (Å²) in [4.78, 5) is 51.9. The Morgan fingerprint density at radius 1 is 1.06 bits per heavy atom. The molecule has 4 unspecified atom stereocenters. The van der Waals surface area contributed by atoms with Gasteiger partial charge in [0, 0.05) is 17.1 Å². The summed E-state index contributed by atoms with van der Waals surface area (Å²) in [5.74, 6) is -3.39. The normalized spacial score (nSPS) is 14.5. The predicted octanol–water partition coefficient (Wildman–Crippen LogP) is -1.28. The van der Waals surface area contributed by atoms with Crippen molar-refractivity contribution in [2.24, 2.45) is 11.5 Å². The highest BCUT2D eigenvalue weighted by atomic mass is 16.4. The lowest BCUT2D eigenvalue weighted by Gasteiger charge is -2.25. The molecule has 2 aromatic rings. The van der Waals surface area contributed by atoms with Crippen LogP contribution in [0.3, 0.4) is 0 Å². The van der Waals surface area contributed by atoms with Crippen molar-refractivity contribution in [3.8, 4) is 0 Å². The van der Waals surface area contributed by atoms with Crippen LogP contribution >= 0.6 is 0 Å². The average Bonchev–Trinajstić information content (AvgIpc) is 3.22. The molecule has 0 aliphatic rings. The number of benzene rings is 1. The van der Waals surface area contributed by atoms with Crippen molar-refractivity contribution in [2.45, 2.75) is 56.8 Å². The van der Waals surface area contributed by atoms with Crippen LogP contribution in [0.15, 0.2) is 30.5 Å². The summed E-state index contributed by atoms with van der Waals surface area (Å²) in [5, 5.41) is 26.8. The number of carbonyl (C=O) groups is 4. The second-order valence-electron chi connectivity index (χ2n) is 8.35.